The maximum Gasteiger partial charge on any atom is 0.123 e. The highest BCUT2D eigenvalue weighted by Crippen LogP contribution is 2.26. The summed E-state index contributed by atoms with van der Waals surface area (Å²) in [4.78, 5) is 0. The molecule has 3 aromatic rings. The summed E-state index contributed by atoms with van der Waals surface area (Å²) in [7, 11) is 0. The number of hydrogen-bond donors (Lipinski definition) is 5. The van der Waals surface area contributed by atoms with E-state index in [9.17, 15) is 0 Å². The highest BCUT2D eigenvalue weighted by molar-refractivity contribution is 5.70. The molecule has 2 aliphatic rings. The number of hydrogen-bond acceptors (Lipinski definition) is 5. The lowest BCUT2D eigenvalue weighted by atomic mass is 10.0. The van der Waals surface area contributed by atoms with Crippen molar-refractivity contribution < 1.29 is 0 Å². The van der Waals surface area contributed by atoms with Crippen molar-refractivity contribution >= 4 is 11.4 Å². The molecule has 0 saturated carbocycles. The average molecular weight is 410 g/mol. The molecule has 0 radical (unpaired) electrons. The fourth-order valence-corrected chi connectivity index (χ4v) is 4.14. The molecule has 0 spiro atoms. The largest absolute Gasteiger partial charge is 0.366 e. The van der Waals surface area contributed by atoms with E-state index < -0.39 is 0 Å². The van der Waals surface area contributed by atoms with Gasteiger partial charge in [0.2, 0.25) is 0 Å². The molecule has 2 aliphatic heterocycles. The minimum Gasteiger partial charge on any atom is -0.366 e. The molecule has 0 fully saturated rings. The molecule has 5 N–H and O–H groups in total. The monoisotopic (exact) mass is 409 g/mol. The standard InChI is InChI=1S/C26H27N5/c1-17-7-3-5-9-21(17)25-27-15-23(29-25)19-11-13-20(14-12-19)24-16-28-31-26(30-24)22-10-6-4-8-18(22)2/h3-16,25-31H,1-2H3. The van der Waals surface area contributed by atoms with Crippen LogP contribution in [-0.4, -0.2) is 0 Å². The van der Waals surface area contributed by atoms with E-state index in [0.717, 1.165) is 22.5 Å². The van der Waals surface area contributed by atoms with Crippen molar-refractivity contribution in [2.45, 2.75) is 26.2 Å². The van der Waals surface area contributed by atoms with E-state index in [0.29, 0.717) is 0 Å². The van der Waals surface area contributed by atoms with Crippen LogP contribution in [0.1, 0.15) is 45.7 Å². The van der Waals surface area contributed by atoms with E-state index in [4.69, 9.17) is 0 Å². The van der Waals surface area contributed by atoms with Gasteiger partial charge >= 0.3 is 0 Å². The summed E-state index contributed by atoms with van der Waals surface area (Å²) in [5.41, 5.74) is 16.0. The highest BCUT2D eigenvalue weighted by Gasteiger charge is 2.20. The molecule has 5 rings (SSSR count). The van der Waals surface area contributed by atoms with E-state index in [1.807, 2.05) is 6.20 Å². The topological polar surface area (TPSA) is 60.1 Å². The Labute approximate surface area is 183 Å². The van der Waals surface area contributed by atoms with Crippen molar-refractivity contribution in [1.29, 1.82) is 0 Å². The molecule has 0 aliphatic carbocycles. The molecule has 2 heterocycles. The first-order valence-electron chi connectivity index (χ1n) is 10.6. The highest BCUT2D eigenvalue weighted by atomic mass is 15.4. The molecule has 0 bridgehead atoms. The Morgan fingerprint density at radius 2 is 1.10 bits per heavy atom. The minimum atomic E-state index is 0.0131. The molecule has 0 saturated heterocycles. The van der Waals surface area contributed by atoms with Crippen molar-refractivity contribution in [3.05, 3.63) is 119 Å². The van der Waals surface area contributed by atoms with Gasteiger partial charge in [-0.25, -0.2) is 5.43 Å². The van der Waals surface area contributed by atoms with Crippen LogP contribution in [0.15, 0.2) is 85.2 Å². The Balaban J connectivity index is 1.29. The smallest absolute Gasteiger partial charge is 0.123 e. The van der Waals surface area contributed by atoms with Gasteiger partial charge in [0.15, 0.2) is 0 Å². The van der Waals surface area contributed by atoms with Gasteiger partial charge in [0, 0.05) is 12.4 Å². The van der Waals surface area contributed by atoms with E-state index in [2.05, 4.69) is 120 Å². The van der Waals surface area contributed by atoms with Crippen LogP contribution in [0.25, 0.3) is 11.4 Å². The molecule has 2 unspecified atom stereocenters. The molecule has 2 atom stereocenters. The molecular formula is C26H27N5. The Morgan fingerprint density at radius 3 is 1.71 bits per heavy atom. The first-order valence-corrected chi connectivity index (χ1v) is 10.6. The predicted molar refractivity (Wildman–Crippen MR) is 126 cm³/mol. The van der Waals surface area contributed by atoms with E-state index >= 15 is 0 Å². The first-order chi connectivity index (χ1) is 15.2. The predicted octanol–water partition coefficient (Wildman–Crippen LogP) is 4.19. The SMILES string of the molecule is Cc1ccccc1C1NC=C(c2ccc(C3=CNNC(c4ccccc4C)N3)cc2)N1. The molecule has 5 nitrogen and oxygen atoms in total. The van der Waals surface area contributed by atoms with Gasteiger partial charge < -0.3 is 21.4 Å². The lowest BCUT2D eigenvalue weighted by Crippen LogP contribution is -2.44. The third-order valence-corrected chi connectivity index (χ3v) is 5.94. The molecular weight excluding hydrogens is 382 g/mol. The maximum absolute atomic E-state index is 3.60. The van der Waals surface area contributed by atoms with E-state index in [-0.39, 0.29) is 12.3 Å². The van der Waals surface area contributed by atoms with E-state index in [1.54, 1.807) is 0 Å². The molecule has 0 amide bonds. The summed E-state index contributed by atoms with van der Waals surface area (Å²) < 4.78 is 0. The Hall–Kier alpha value is -3.70. The molecule has 5 heteroatoms. The molecule has 0 aromatic heterocycles. The zero-order chi connectivity index (χ0) is 21.2. The number of benzene rings is 3. The third-order valence-electron chi connectivity index (χ3n) is 5.94. The van der Waals surface area contributed by atoms with Crippen LogP contribution in [0.5, 0.6) is 0 Å². The van der Waals surface area contributed by atoms with Crippen LogP contribution in [-0.2, 0) is 0 Å². The van der Waals surface area contributed by atoms with Gasteiger partial charge in [-0.2, -0.15) is 0 Å². The Bertz CT molecular complexity index is 1150. The lowest BCUT2D eigenvalue weighted by Gasteiger charge is -2.29. The van der Waals surface area contributed by atoms with Gasteiger partial charge in [0.25, 0.3) is 0 Å². The molecule has 3 aromatic carbocycles. The second-order valence-corrected chi connectivity index (χ2v) is 8.02. The van der Waals surface area contributed by atoms with Gasteiger partial charge in [0.05, 0.1) is 11.4 Å². The summed E-state index contributed by atoms with van der Waals surface area (Å²) in [6.45, 7) is 4.27. The second kappa shape index (κ2) is 8.20. The van der Waals surface area contributed by atoms with Crippen LogP contribution >= 0.6 is 0 Å². The van der Waals surface area contributed by atoms with Crippen molar-refractivity contribution in [3.8, 4) is 0 Å². The van der Waals surface area contributed by atoms with Gasteiger partial charge in [-0.05, 0) is 47.2 Å². The van der Waals surface area contributed by atoms with Gasteiger partial charge in [-0.3, -0.25) is 0 Å². The van der Waals surface area contributed by atoms with Crippen LogP contribution < -0.4 is 26.8 Å². The fraction of sp³-hybridized carbons (Fsp3) is 0.154. The zero-order valence-corrected chi connectivity index (χ0v) is 17.7. The summed E-state index contributed by atoms with van der Waals surface area (Å²) in [6.07, 6.45) is 4.14. The van der Waals surface area contributed by atoms with Gasteiger partial charge in [-0.15, -0.1) is 0 Å². The van der Waals surface area contributed by atoms with Crippen LogP contribution in [0.4, 0.5) is 0 Å². The summed E-state index contributed by atoms with van der Waals surface area (Å²) in [5.74, 6) is 0. The Kier molecular flexibility index (Phi) is 5.10. The van der Waals surface area contributed by atoms with Gasteiger partial charge in [-0.1, -0.05) is 72.8 Å². The van der Waals surface area contributed by atoms with Crippen molar-refractivity contribution in [3.63, 3.8) is 0 Å². The number of nitrogens with one attached hydrogen (secondary N) is 5. The Morgan fingerprint density at radius 1 is 0.581 bits per heavy atom. The molecule has 156 valence electrons. The van der Waals surface area contributed by atoms with E-state index in [1.165, 1.54) is 22.3 Å². The summed E-state index contributed by atoms with van der Waals surface area (Å²) in [6, 6.07) is 25.5. The van der Waals surface area contributed by atoms with Crippen molar-refractivity contribution in [2.24, 2.45) is 0 Å². The summed E-state index contributed by atoms with van der Waals surface area (Å²) >= 11 is 0. The van der Waals surface area contributed by atoms with Gasteiger partial charge in [0.1, 0.15) is 12.3 Å². The average Bonchev–Trinajstić information content (AvgIpc) is 3.30. The zero-order valence-electron chi connectivity index (χ0n) is 17.7. The maximum atomic E-state index is 3.60. The number of aryl methyl sites for hydroxylation is 2. The number of rotatable bonds is 4. The van der Waals surface area contributed by atoms with Crippen LogP contribution in [0.3, 0.4) is 0 Å². The van der Waals surface area contributed by atoms with Crippen molar-refractivity contribution in [2.75, 3.05) is 0 Å². The van der Waals surface area contributed by atoms with Crippen LogP contribution in [0, 0.1) is 13.8 Å². The first kappa shape index (κ1) is 19.3. The van der Waals surface area contributed by atoms with Crippen LogP contribution in [0.2, 0.25) is 0 Å². The third kappa shape index (κ3) is 3.88. The lowest BCUT2D eigenvalue weighted by molar-refractivity contribution is 0.438. The summed E-state index contributed by atoms with van der Waals surface area (Å²) in [5, 5.41) is 10.6. The fourth-order valence-electron chi connectivity index (χ4n) is 4.14. The number of hydrazine groups is 1. The second-order valence-electron chi connectivity index (χ2n) is 8.02. The molecule has 31 heavy (non-hydrogen) atoms. The normalized spacial score (nSPS) is 19.9. The minimum absolute atomic E-state index is 0.0131. The van der Waals surface area contributed by atoms with Crippen molar-refractivity contribution in [1.82, 2.24) is 26.8 Å². The quantitative estimate of drug-likeness (QED) is 0.447.